The van der Waals surface area contributed by atoms with E-state index in [-0.39, 0.29) is 12.5 Å². The Morgan fingerprint density at radius 3 is 2.96 bits per heavy atom. The van der Waals surface area contributed by atoms with Crippen LogP contribution in [0.2, 0.25) is 0 Å². The van der Waals surface area contributed by atoms with Crippen molar-refractivity contribution in [3.63, 3.8) is 0 Å². The molecule has 0 fully saturated rings. The van der Waals surface area contributed by atoms with Gasteiger partial charge in [-0.3, -0.25) is 15.0 Å². The maximum absolute atomic E-state index is 12.8. The lowest BCUT2D eigenvalue weighted by atomic mass is 10.3. The molecule has 3 rings (SSSR count). The van der Waals surface area contributed by atoms with Crippen LogP contribution < -0.4 is 9.64 Å². The second-order valence-corrected chi connectivity index (χ2v) is 4.66. The molecule has 1 aliphatic rings. The summed E-state index contributed by atoms with van der Waals surface area (Å²) in [5.41, 5.74) is 0.665. The van der Waals surface area contributed by atoms with Gasteiger partial charge in [0, 0.05) is 24.0 Å². The Balaban J connectivity index is 1.68. The average Bonchev–Trinajstić information content (AvgIpc) is 3.02. The molecule has 0 bridgehead atoms. The number of aromatic nitrogens is 3. The van der Waals surface area contributed by atoms with E-state index in [9.17, 15) is 13.2 Å². The number of nitrogens with one attached hydrogen (secondary N) is 1. The predicted octanol–water partition coefficient (Wildman–Crippen LogP) is 2.45. The van der Waals surface area contributed by atoms with E-state index < -0.39 is 12.6 Å². The molecule has 7 nitrogen and oxygen atoms in total. The minimum atomic E-state index is -2.96. The van der Waals surface area contributed by atoms with E-state index in [0.29, 0.717) is 23.8 Å². The summed E-state index contributed by atoms with van der Waals surface area (Å²) < 4.78 is 47.1. The van der Waals surface area contributed by atoms with Gasteiger partial charge >= 0.3 is 6.61 Å². The third kappa shape index (κ3) is 3.83. The second kappa shape index (κ2) is 7.02. The molecule has 126 valence electrons. The Morgan fingerprint density at radius 2 is 2.21 bits per heavy atom. The molecule has 3 heterocycles. The first-order valence-electron chi connectivity index (χ1n) is 6.84. The van der Waals surface area contributed by atoms with Crippen molar-refractivity contribution in [1.82, 2.24) is 15.2 Å². The quantitative estimate of drug-likeness (QED) is 0.818. The van der Waals surface area contributed by atoms with Crippen molar-refractivity contribution in [3.8, 4) is 5.88 Å². The molecule has 0 radical (unpaired) electrons. The van der Waals surface area contributed by atoms with E-state index in [4.69, 9.17) is 4.74 Å². The molecule has 0 saturated carbocycles. The lowest BCUT2D eigenvalue weighted by Crippen LogP contribution is -2.28. The number of hydrogen-bond donors (Lipinski definition) is 1. The highest BCUT2D eigenvalue weighted by atomic mass is 19.3. The van der Waals surface area contributed by atoms with Crippen molar-refractivity contribution >= 4 is 12.0 Å². The van der Waals surface area contributed by atoms with Gasteiger partial charge in [0.25, 0.3) is 0 Å². The number of hydrogen-bond acceptors (Lipinski definition) is 6. The molecule has 0 amide bonds. The molecule has 10 heteroatoms. The number of pyridine rings is 1. The zero-order chi connectivity index (χ0) is 16.9. The van der Waals surface area contributed by atoms with E-state index in [2.05, 4.69) is 24.9 Å². The van der Waals surface area contributed by atoms with Crippen LogP contribution in [0.4, 0.5) is 19.0 Å². The van der Waals surface area contributed by atoms with E-state index in [1.165, 1.54) is 24.5 Å². The zero-order valence-corrected chi connectivity index (χ0v) is 12.2. The summed E-state index contributed by atoms with van der Waals surface area (Å²) in [4.78, 5) is 9.17. The smallest absolute Gasteiger partial charge is 0.388 e. The molecule has 24 heavy (non-hydrogen) atoms. The van der Waals surface area contributed by atoms with Gasteiger partial charge in [-0.2, -0.15) is 13.2 Å². The molecule has 0 aliphatic carbocycles. The number of aromatic amines is 1. The molecule has 2 aromatic heterocycles. The maximum atomic E-state index is 12.8. The molecule has 1 aliphatic heterocycles. The predicted molar refractivity (Wildman–Crippen MR) is 78.1 cm³/mol. The third-order valence-electron chi connectivity index (χ3n) is 3.04. The fraction of sp³-hybridized carbons (Fsp3) is 0.214. The summed E-state index contributed by atoms with van der Waals surface area (Å²) >= 11 is 0. The van der Waals surface area contributed by atoms with Gasteiger partial charge in [-0.1, -0.05) is 0 Å². The Kier molecular flexibility index (Phi) is 4.64. The Labute approximate surface area is 134 Å². The van der Waals surface area contributed by atoms with Crippen molar-refractivity contribution in [2.45, 2.75) is 13.2 Å². The third-order valence-corrected chi connectivity index (χ3v) is 3.04. The number of rotatable bonds is 6. The maximum Gasteiger partial charge on any atom is 0.388 e. The normalized spacial score (nSPS) is 14.0. The molecular formula is C14H12F3N5O2. The number of alkyl halides is 2. The zero-order valence-electron chi connectivity index (χ0n) is 12.2. The molecule has 0 saturated heterocycles. The molecule has 0 spiro atoms. The minimum Gasteiger partial charge on any atom is -0.473 e. The van der Waals surface area contributed by atoms with E-state index in [1.807, 2.05) is 0 Å². The van der Waals surface area contributed by atoms with Gasteiger partial charge in [0.15, 0.2) is 0 Å². The highest BCUT2D eigenvalue weighted by Crippen LogP contribution is 2.24. The van der Waals surface area contributed by atoms with Gasteiger partial charge < -0.3 is 9.47 Å². The fourth-order valence-corrected chi connectivity index (χ4v) is 1.97. The first kappa shape index (κ1) is 15.8. The van der Waals surface area contributed by atoms with Gasteiger partial charge in [-0.15, -0.1) is 5.10 Å². The summed E-state index contributed by atoms with van der Waals surface area (Å²) in [7, 11) is 0. The topological polar surface area (TPSA) is 75.6 Å². The standard InChI is InChI=1S/C14H12F3N5O2/c15-10-2-1-9(6-19-10)8-23-13-7-18-3-4-22(13)11-5-12(21-20-11)24-14(16)17/h1-3,5-7,14H,4,8H2,(H,20,21). The second-order valence-electron chi connectivity index (χ2n) is 4.66. The number of anilines is 1. The highest BCUT2D eigenvalue weighted by Gasteiger charge is 2.19. The monoisotopic (exact) mass is 339 g/mol. The van der Waals surface area contributed by atoms with Gasteiger partial charge in [0.2, 0.25) is 17.7 Å². The van der Waals surface area contributed by atoms with E-state index in [1.54, 1.807) is 17.2 Å². The summed E-state index contributed by atoms with van der Waals surface area (Å²) in [6, 6.07) is 4.10. The number of halogens is 3. The molecule has 0 unspecified atom stereocenters. The number of H-pyrrole nitrogens is 1. The van der Waals surface area contributed by atoms with Crippen LogP contribution in [0.3, 0.4) is 0 Å². The van der Waals surface area contributed by atoms with E-state index in [0.717, 1.165) is 0 Å². The summed E-state index contributed by atoms with van der Waals surface area (Å²) in [6.45, 7) is -2.47. The van der Waals surface area contributed by atoms with Crippen LogP contribution in [-0.4, -0.2) is 34.6 Å². The molecule has 2 aromatic rings. The van der Waals surface area contributed by atoms with Crippen molar-refractivity contribution in [3.05, 3.63) is 48.0 Å². The van der Waals surface area contributed by atoms with Crippen LogP contribution in [0.25, 0.3) is 0 Å². The first-order valence-corrected chi connectivity index (χ1v) is 6.84. The number of nitrogens with zero attached hydrogens (tertiary/aromatic N) is 4. The molecule has 0 aromatic carbocycles. The van der Waals surface area contributed by atoms with Crippen LogP contribution in [0, 0.1) is 5.95 Å². The molecular weight excluding hydrogens is 327 g/mol. The fourth-order valence-electron chi connectivity index (χ4n) is 1.97. The van der Waals surface area contributed by atoms with Gasteiger partial charge in [-0.25, -0.2) is 4.98 Å². The summed E-state index contributed by atoms with van der Waals surface area (Å²) in [6.07, 6.45) is 4.44. The van der Waals surface area contributed by atoms with Crippen LogP contribution in [0.15, 0.2) is 41.5 Å². The van der Waals surface area contributed by atoms with Gasteiger partial charge in [-0.05, 0) is 12.1 Å². The van der Waals surface area contributed by atoms with Crippen LogP contribution >= 0.6 is 0 Å². The van der Waals surface area contributed by atoms with Crippen LogP contribution in [0.1, 0.15) is 5.56 Å². The lowest BCUT2D eigenvalue weighted by molar-refractivity contribution is -0.0528. The SMILES string of the molecule is Fc1ccc(COC2=CN=CCN2c2cc(OC(F)F)n[nH]2)cn1. The first-order chi connectivity index (χ1) is 11.6. The average molecular weight is 339 g/mol. The van der Waals surface area contributed by atoms with Crippen molar-refractivity contribution in [2.75, 3.05) is 11.4 Å². The minimum absolute atomic E-state index is 0.139. The van der Waals surface area contributed by atoms with Gasteiger partial charge in [0.1, 0.15) is 12.4 Å². The Bertz CT molecular complexity index is 745. The lowest BCUT2D eigenvalue weighted by Gasteiger charge is -2.25. The van der Waals surface area contributed by atoms with Gasteiger partial charge in [0.05, 0.1) is 12.7 Å². The summed E-state index contributed by atoms with van der Waals surface area (Å²) in [5, 5.41) is 6.24. The Hall–Kier alpha value is -3.04. The largest absolute Gasteiger partial charge is 0.473 e. The van der Waals surface area contributed by atoms with Crippen molar-refractivity contribution < 1.29 is 22.6 Å². The molecule has 0 atom stereocenters. The number of ether oxygens (including phenoxy) is 2. The van der Waals surface area contributed by atoms with Crippen LogP contribution in [-0.2, 0) is 11.3 Å². The number of aliphatic imine (C=N–C) groups is 1. The Morgan fingerprint density at radius 1 is 1.33 bits per heavy atom. The van der Waals surface area contributed by atoms with E-state index >= 15 is 0 Å². The summed E-state index contributed by atoms with van der Waals surface area (Å²) in [5.74, 6) is -0.0372. The van der Waals surface area contributed by atoms with Crippen molar-refractivity contribution in [2.24, 2.45) is 4.99 Å². The molecule has 1 N–H and O–H groups in total. The highest BCUT2D eigenvalue weighted by molar-refractivity contribution is 5.69. The van der Waals surface area contributed by atoms with Crippen molar-refractivity contribution in [1.29, 1.82) is 0 Å². The van der Waals surface area contributed by atoms with Crippen LogP contribution in [0.5, 0.6) is 5.88 Å².